The molecule has 7 heteroatoms. The first kappa shape index (κ1) is 18.2. The Morgan fingerprint density at radius 2 is 2.00 bits per heavy atom. The first-order chi connectivity index (χ1) is 13.8. The average Bonchev–Trinajstić information content (AvgIpc) is 2.94. The fraction of sp³-hybridized carbons (Fsp3) is 0.286. The van der Waals surface area contributed by atoms with E-state index in [1.54, 1.807) is 19.5 Å². The van der Waals surface area contributed by atoms with Crippen molar-refractivity contribution >= 4 is 5.69 Å². The summed E-state index contributed by atoms with van der Waals surface area (Å²) in [5.41, 5.74) is 4.41. The van der Waals surface area contributed by atoms with Gasteiger partial charge in [0.2, 0.25) is 11.8 Å². The van der Waals surface area contributed by atoms with Gasteiger partial charge in [0.15, 0.2) is 0 Å². The SMILES string of the molecule is COc1ccc(CN2CCNc3cnc(OCc4cccnc4)cc3C2)cn1. The minimum Gasteiger partial charge on any atom is -0.481 e. The predicted octanol–water partition coefficient (Wildman–Crippen LogP) is 2.89. The normalized spacial score (nSPS) is 13.9. The molecule has 7 nitrogen and oxygen atoms in total. The number of aromatic nitrogens is 3. The van der Waals surface area contributed by atoms with Crippen LogP contribution in [0.5, 0.6) is 11.8 Å². The first-order valence-electron chi connectivity index (χ1n) is 9.26. The van der Waals surface area contributed by atoms with Gasteiger partial charge in [-0.05, 0) is 17.2 Å². The van der Waals surface area contributed by atoms with Gasteiger partial charge < -0.3 is 14.8 Å². The lowest BCUT2D eigenvalue weighted by molar-refractivity contribution is 0.268. The molecular weight excluding hydrogens is 354 g/mol. The molecule has 0 radical (unpaired) electrons. The Morgan fingerprint density at radius 3 is 2.79 bits per heavy atom. The maximum atomic E-state index is 5.86. The van der Waals surface area contributed by atoms with E-state index in [1.807, 2.05) is 36.7 Å². The smallest absolute Gasteiger partial charge is 0.213 e. The topological polar surface area (TPSA) is 72.4 Å². The van der Waals surface area contributed by atoms with Crippen molar-refractivity contribution in [3.05, 3.63) is 71.8 Å². The summed E-state index contributed by atoms with van der Waals surface area (Å²) in [6.07, 6.45) is 7.28. The number of nitrogens with zero attached hydrogens (tertiary/aromatic N) is 4. The van der Waals surface area contributed by atoms with Crippen molar-refractivity contribution in [3.63, 3.8) is 0 Å². The zero-order chi connectivity index (χ0) is 19.2. The maximum absolute atomic E-state index is 5.86. The summed E-state index contributed by atoms with van der Waals surface area (Å²) in [7, 11) is 1.63. The maximum Gasteiger partial charge on any atom is 0.213 e. The van der Waals surface area contributed by atoms with Gasteiger partial charge in [0.05, 0.1) is 19.0 Å². The quantitative estimate of drug-likeness (QED) is 0.708. The summed E-state index contributed by atoms with van der Waals surface area (Å²) in [4.78, 5) is 15.2. The number of methoxy groups -OCH3 is 1. The van der Waals surface area contributed by atoms with Gasteiger partial charge in [-0.2, -0.15) is 0 Å². The zero-order valence-electron chi connectivity index (χ0n) is 15.8. The fourth-order valence-electron chi connectivity index (χ4n) is 3.17. The summed E-state index contributed by atoms with van der Waals surface area (Å²) in [6.45, 7) is 3.90. The summed E-state index contributed by atoms with van der Waals surface area (Å²) >= 11 is 0. The molecule has 0 saturated carbocycles. The number of rotatable bonds is 6. The Balaban J connectivity index is 1.43. The number of fused-ring (bicyclic) bond motifs is 1. The first-order valence-corrected chi connectivity index (χ1v) is 9.26. The number of pyridine rings is 3. The summed E-state index contributed by atoms with van der Waals surface area (Å²) in [5.74, 6) is 1.26. The Bertz CT molecular complexity index is 902. The molecule has 28 heavy (non-hydrogen) atoms. The Morgan fingerprint density at radius 1 is 1.07 bits per heavy atom. The van der Waals surface area contributed by atoms with Crippen LogP contribution in [0.4, 0.5) is 5.69 Å². The van der Waals surface area contributed by atoms with E-state index in [9.17, 15) is 0 Å². The van der Waals surface area contributed by atoms with Gasteiger partial charge in [-0.15, -0.1) is 0 Å². The second kappa shape index (κ2) is 8.67. The summed E-state index contributed by atoms with van der Waals surface area (Å²) in [5, 5.41) is 3.45. The molecular formula is C21H23N5O2. The van der Waals surface area contributed by atoms with Gasteiger partial charge in [0.1, 0.15) is 6.61 Å². The molecule has 4 heterocycles. The highest BCUT2D eigenvalue weighted by Crippen LogP contribution is 2.24. The van der Waals surface area contributed by atoms with Crippen LogP contribution < -0.4 is 14.8 Å². The fourth-order valence-corrected chi connectivity index (χ4v) is 3.17. The lowest BCUT2D eigenvalue weighted by Crippen LogP contribution is -2.25. The van der Waals surface area contributed by atoms with Gasteiger partial charge in [-0.3, -0.25) is 9.88 Å². The van der Waals surface area contributed by atoms with Crippen molar-refractivity contribution in [2.24, 2.45) is 0 Å². The highest BCUT2D eigenvalue weighted by molar-refractivity contribution is 5.51. The Hall–Kier alpha value is -3.19. The summed E-state index contributed by atoms with van der Waals surface area (Å²) < 4.78 is 11.0. The van der Waals surface area contributed by atoms with Crippen LogP contribution in [-0.2, 0) is 19.7 Å². The van der Waals surface area contributed by atoms with E-state index in [4.69, 9.17) is 9.47 Å². The number of anilines is 1. The molecule has 0 aliphatic carbocycles. The monoisotopic (exact) mass is 377 g/mol. The molecule has 1 aliphatic rings. The Labute approximate surface area is 164 Å². The van der Waals surface area contributed by atoms with E-state index in [2.05, 4.69) is 31.2 Å². The predicted molar refractivity (Wildman–Crippen MR) is 106 cm³/mol. The lowest BCUT2D eigenvalue weighted by Gasteiger charge is -2.20. The van der Waals surface area contributed by atoms with Gasteiger partial charge in [0, 0.05) is 62.5 Å². The third kappa shape index (κ3) is 4.55. The molecule has 0 bridgehead atoms. The van der Waals surface area contributed by atoms with Crippen molar-refractivity contribution in [1.29, 1.82) is 0 Å². The van der Waals surface area contributed by atoms with Crippen LogP contribution >= 0.6 is 0 Å². The molecule has 0 spiro atoms. The zero-order valence-corrected chi connectivity index (χ0v) is 15.8. The third-order valence-electron chi connectivity index (χ3n) is 4.62. The molecule has 1 aliphatic heterocycles. The number of hydrogen-bond donors (Lipinski definition) is 1. The number of ether oxygens (including phenoxy) is 2. The van der Waals surface area contributed by atoms with E-state index in [-0.39, 0.29) is 0 Å². The molecule has 1 N–H and O–H groups in total. The van der Waals surface area contributed by atoms with Crippen LogP contribution in [-0.4, -0.2) is 40.1 Å². The minimum absolute atomic E-state index is 0.453. The molecule has 0 saturated heterocycles. The molecule has 0 fully saturated rings. The van der Waals surface area contributed by atoms with Gasteiger partial charge >= 0.3 is 0 Å². The number of hydrogen-bond acceptors (Lipinski definition) is 7. The summed E-state index contributed by atoms with van der Waals surface area (Å²) in [6, 6.07) is 9.86. The molecule has 0 aromatic carbocycles. The Kier molecular flexibility index (Phi) is 5.63. The number of nitrogens with one attached hydrogen (secondary N) is 1. The van der Waals surface area contributed by atoms with E-state index in [0.29, 0.717) is 18.4 Å². The second-order valence-corrected chi connectivity index (χ2v) is 6.68. The molecule has 144 valence electrons. The molecule has 0 amide bonds. The van der Waals surface area contributed by atoms with Gasteiger partial charge in [-0.25, -0.2) is 9.97 Å². The standard InChI is InChI=1S/C21H23N5O2/c1-27-20-5-4-16(11-24-20)13-26-8-7-23-19-12-25-21(9-18(19)14-26)28-15-17-3-2-6-22-10-17/h2-6,9-12,23H,7-8,13-15H2,1H3. The minimum atomic E-state index is 0.453. The second-order valence-electron chi connectivity index (χ2n) is 6.68. The van der Waals surface area contributed by atoms with E-state index < -0.39 is 0 Å². The van der Waals surface area contributed by atoms with Crippen molar-refractivity contribution in [3.8, 4) is 11.8 Å². The molecule has 0 unspecified atom stereocenters. The van der Waals surface area contributed by atoms with Crippen molar-refractivity contribution in [2.75, 3.05) is 25.5 Å². The van der Waals surface area contributed by atoms with E-state index in [1.165, 1.54) is 5.56 Å². The van der Waals surface area contributed by atoms with Crippen molar-refractivity contribution < 1.29 is 9.47 Å². The van der Waals surface area contributed by atoms with Crippen LogP contribution in [0.2, 0.25) is 0 Å². The average molecular weight is 377 g/mol. The molecule has 0 atom stereocenters. The van der Waals surface area contributed by atoms with Crippen LogP contribution in [0.15, 0.2) is 55.1 Å². The lowest BCUT2D eigenvalue weighted by atomic mass is 10.2. The molecule has 3 aromatic rings. The van der Waals surface area contributed by atoms with Gasteiger partial charge in [-0.1, -0.05) is 12.1 Å². The molecule has 3 aromatic heterocycles. The largest absolute Gasteiger partial charge is 0.481 e. The highest BCUT2D eigenvalue weighted by atomic mass is 16.5. The highest BCUT2D eigenvalue weighted by Gasteiger charge is 2.16. The third-order valence-corrected chi connectivity index (χ3v) is 4.62. The van der Waals surface area contributed by atoms with Crippen LogP contribution in [0, 0.1) is 0 Å². The van der Waals surface area contributed by atoms with Gasteiger partial charge in [0.25, 0.3) is 0 Å². The van der Waals surface area contributed by atoms with E-state index in [0.717, 1.165) is 43.0 Å². The van der Waals surface area contributed by atoms with Crippen LogP contribution in [0.1, 0.15) is 16.7 Å². The van der Waals surface area contributed by atoms with Crippen molar-refractivity contribution in [2.45, 2.75) is 19.7 Å². The van der Waals surface area contributed by atoms with Crippen molar-refractivity contribution in [1.82, 2.24) is 19.9 Å². The molecule has 4 rings (SSSR count). The van der Waals surface area contributed by atoms with Crippen LogP contribution in [0.3, 0.4) is 0 Å². The van der Waals surface area contributed by atoms with E-state index >= 15 is 0 Å². The van der Waals surface area contributed by atoms with Crippen LogP contribution in [0.25, 0.3) is 0 Å².